The van der Waals surface area contributed by atoms with Gasteiger partial charge >= 0.3 is 0 Å². The largest absolute Gasteiger partial charge is 0.286 e. The van der Waals surface area contributed by atoms with Crippen LogP contribution in [0.2, 0.25) is 0 Å². The number of carbonyl (C=O) groups excluding carboxylic acids is 1. The number of para-hydroxylation sites is 1. The minimum Gasteiger partial charge on any atom is -0.286 e. The first-order valence-electron chi connectivity index (χ1n) is 5.41. The summed E-state index contributed by atoms with van der Waals surface area (Å²) in [5.41, 5.74) is 4.24. The lowest BCUT2D eigenvalue weighted by molar-refractivity contribution is 0.106. The number of anilines is 1. The van der Waals surface area contributed by atoms with Crippen molar-refractivity contribution in [2.24, 2.45) is 5.10 Å². The second kappa shape index (κ2) is 6.12. The minimum absolute atomic E-state index is 0.154. The number of hydrazone groups is 1. The van der Waals surface area contributed by atoms with Gasteiger partial charge in [-0.25, -0.2) is 0 Å². The first-order valence-corrected chi connectivity index (χ1v) is 6.20. The maximum atomic E-state index is 11.9. The van der Waals surface area contributed by atoms with Crippen LogP contribution >= 0.6 is 15.9 Å². The number of rotatable bonds is 4. The molecule has 0 saturated heterocycles. The van der Waals surface area contributed by atoms with E-state index < -0.39 is 0 Å². The molecule has 0 heterocycles. The average Bonchev–Trinajstić information content (AvgIpc) is 2.46. The van der Waals surface area contributed by atoms with E-state index in [4.69, 9.17) is 0 Å². The lowest BCUT2D eigenvalue weighted by atomic mass is 10.1. The van der Waals surface area contributed by atoms with Gasteiger partial charge in [0.25, 0.3) is 0 Å². The van der Waals surface area contributed by atoms with Gasteiger partial charge in [-0.3, -0.25) is 10.2 Å². The van der Waals surface area contributed by atoms with Gasteiger partial charge in [0.15, 0.2) is 4.62 Å². The normalized spacial score (nSPS) is 11.1. The maximum Gasteiger partial charge on any atom is 0.220 e. The Bertz CT molecular complexity index is 553. The Kier molecular flexibility index (Phi) is 4.25. The fourth-order valence-corrected chi connectivity index (χ4v) is 1.70. The summed E-state index contributed by atoms with van der Waals surface area (Å²) in [6.07, 6.45) is 0. The Morgan fingerprint density at radius 3 is 2.11 bits per heavy atom. The molecule has 0 aromatic heterocycles. The predicted octanol–water partition coefficient (Wildman–Crippen LogP) is 3.69. The van der Waals surface area contributed by atoms with Gasteiger partial charge in [-0.1, -0.05) is 48.5 Å². The van der Waals surface area contributed by atoms with Crippen LogP contribution in [0, 0.1) is 0 Å². The topological polar surface area (TPSA) is 41.5 Å². The molecule has 0 saturated carbocycles. The highest BCUT2D eigenvalue weighted by molar-refractivity contribution is 9.19. The Labute approximate surface area is 114 Å². The van der Waals surface area contributed by atoms with Gasteiger partial charge in [-0.05, 0) is 28.1 Å². The molecule has 2 aromatic rings. The number of hydrogen-bond donors (Lipinski definition) is 1. The van der Waals surface area contributed by atoms with Crippen molar-refractivity contribution >= 4 is 32.0 Å². The zero-order chi connectivity index (χ0) is 12.8. The highest BCUT2D eigenvalue weighted by Crippen LogP contribution is 2.08. The summed E-state index contributed by atoms with van der Waals surface area (Å²) in [5, 5.41) is 4.00. The zero-order valence-electron chi connectivity index (χ0n) is 9.51. The van der Waals surface area contributed by atoms with Crippen LogP contribution in [-0.2, 0) is 0 Å². The molecular weight excluding hydrogens is 292 g/mol. The Morgan fingerprint density at radius 1 is 0.944 bits per heavy atom. The molecule has 2 aromatic carbocycles. The van der Waals surface area contributed by atoms with E-state index in [0.717, 1.165) is 5.69 Å². The molecule has 0 aliphatic rings. The van der Waals surface area contributed by atoms with E-state index in [1.165, 1.54) is 0 Å². The highest BCUT2D eigenvalue weighted by atomic mass is 79.9. The van der Waals surface area contributed by atoms with E-state index >= 15 is 0 Å². The van der Waals surface area contributed by atoms with Crippen molar-refractivity contribution < 1.29 is 4.79 Å². The third kappa shape index (κ3) is 3.28. The molecule has 90 valence electrons. The van der Waals surface area contributed by atoms with Gasteiger partial charge in [-0.2, -0.15) is 5.10 Å². The van der Waals surface area contributed by atoms with Gasteiger partial charge in [0.1, 0.15) is 0 Å². The van der Waals surface area contributed by atoms with Crippen molar-refractivity contribution in [1.82, 2.24) is 0 Å². The van der Waals surface area contributed by atoms with Crippen LogP contribution in [0.1, 0.15) is 10.4 Å². The summed E-state index contributed by atoms with van der Waals surface area (Å²) >= 11 is 3.18. The Hall–Kier alpha value is -1.94. The number of Topliss-reactive ketones (excluding diaryl/α,β-unsaturated/α-hetero) is 1. The quantitative estimate of drug-likeness (QED) is 0.532. The Balaban J connectivity index is 2.08. The third-order valence-corrected chi connectivity index (χ3v) is 2.82. The number of carbonyl (C=O) groups is 1. The molecule has 18 heavy (non-hydrogen) atoms. The summed E-state index contributed by atoms with van der Waals surface area (Å²) in [7, 11) is 0. The molecule has 0 aliphatic carbocycles. The van der Waals surface area contributed by atoms with Crippen LogP contribution in [0.5, 0.6) is 0 Å². The second-order valence-electron chi connectivity index (χ2n) is 3.58. The number of benzene rings is 2. The van der Waals surface area contributed by atoms with E-state index in [2.05, 4.69) is 26.5 Å². The summed E-state index contributed by atoms with van der Waals surface area (Å²) < 4.78 is 0.248. The fraction of sp³-hybridized carbons (Fsp3) is 0. The van der Waals surface area contributed by atoms with E-state index in [0.29, 0.717) is 5.56 Å². The van der Waals surface area contributed by atoms with Crippen LogP contribution in [0.3, 0.4) is 0 Å². The smallest absolute Gasteiger partial charge is 0.220 e. The molecule has 0 spiro atoms. The summed E-state index contributed by atoms with van der Waals surface area (Å²) in [4.78, 5) is 11.9. The van der Waals surface area contributed by atoms with Crippen molar-refractivity contribution in [1.29, 1.82) is 0 Å². The Morgan fingerprint density at radius 2 is 1.50 bits per heavy atom. The van der Waals surface area contributed by atoms with E-state index in [-0.39, 0.29) is 10.4 Å². The average molecular weight is 303 g/mol. The highest BCUT2D eigenvalue weighted by Gasteiger charge is 2.10. The first kappa shape index (κ1) is 12.5. The molecule has 0 unspecified atom stereocenters. The van der Waals surface area contributed by atoms with E-state index in [9.17, 15) is 4.79 Å². The monoisotopic (exact) mass is 302 g/mol. The van der Waals surface area contributed by atoms with E-state index in [1.807, 2.05) is 48.5 Å². The number of hydrogen-bond acceptors (Lipinski definition) is 3. The predicted molar refractivity (Wildman–Crippen MR) is 77.2 cm³/mol. The van der Waals surface area contributed by atoms with E-state index in [1.54, 1.807) is 12.1 Å². The molecule has 0 aliphatic heterocycles. The van der Waals surface area contributed by atoms with Crippen molar-refractivity contribution in [3.05, 3.63) is 66.2 Å². The number of halogens is 1. The molecule has 1 N–H and O–H groups in total. The maximum absolute atomic E-state index is 11.9. The second-order valence-corrected chi connectivity index (χ2v) is 4.33. The number of nitrogens with zero attached hydrogens (tertiary/aromatic N) is 1. The van der Waals surface area contributed by atoms with Crippen molar-refractivity contribution in [3.63, 3.8) is 0 Å². The SMILES string of the molecule is O=C(C(Br)=NNc1ccccc1)c1ccccc1. The van der Waals surface area contributed by atoms with Gasteiger partial charge in [0.2, 0.25) is 5.78 Å². The van der Waals surface area contributed by atoms with Gasteiger partial charge in [-0.15, -0.1) is 0 Å². The summed E-state index contributed by atoms with van der Waals surface area (Å²) in [6.45, 7) is 0. The standard InChI is InChI=1S/C14H11BrN2O/c15-14(13(18)11-7-3-1-4-8-11)17-16-12-9-5-2-6-10-12/h1-10,16H. The minimum atomic E-state index is -0.154. The molecule has 0 bridgehead atoms. The number of ketones is 1. The lowest BCUT2D eigenvalue weighted by Gasteiger charge is -2.01. The first-order chi connectivity index (χ1) is 8.77. The molecule has 2 rings (SSSR count). The molecule has 0 fully saturated rings. The fourth-order valence-electron chi connectivity index (χ4n) is 1.39. The zero-order valence-corrected chi connectivity index (χ0v) is 11.1. The van der Waals surface area contributed by atoms with Crippen molar-refractivity contribution in [2.75, 3.05) is 5.43 Å². The van der Waals surface area contributed by atoms with Crippen LogP contribution in [0.15, 0.2) is 65.8 Å². The van der Waals surface area contributed by atoms with Gasteiger partial charge in [0.05, 0.1) is 5.69 Å². The molecule has 3 nitrogen and oxygen atoms in total. The number of nitrogens with one attached hydrogen (secondary N) is 1. The van der Waals surface area contributed by atoms with Crippen molar-refractivity contribution in [2.45, 2.75) is 0 Å². The van der Waals surface area contributed by atoms with Crippen LogP contribution < -0.4 is 5.43 Å². The molecule has 4 heteroatoms. The lowest BCUT2D eigenvalue weighted by Crippen LogP contribution is -2.09. The summed E-state index contributed by atoms with van der Waals surface area (Å²) in [6, 6.07) is 18.5. The molecule has 0 radical (unpaired) electrons. The molecule has 0 amide bonds. The van der Waals surface area contributed by atoms with Gasteiger partial charge < -0.3 is 0 Å². The van der Waals surface area contributed by atoms with Gasteiger partial charge in [0, 0.05) is 5.56 Å². The summed E-state index contributed by atoms with van der Waals surface area (Å²) in [5.74, 6) is -0.154. The van der Waals surface area contributed by atoms with Crippen molar-refractivity contribution in [3.8, 4) is 0 Å². The molecule has 0 atom stereocenters. The van der Waals surface area contributed by atoms with Crippen LogP contribution in [-0.4, -0.2) is 10.4 Å². The van der Waals surface area contributed by atoms with Crippen LogP contribution in [0.25, 0.3) is 0 Å². The molecular formula is C14H11BrN2O. The third-order valence-electron chi connectivity index (χ3n) is 2.28. The van der Waals surface area contributed by atoms with Crippen LogP contribution in [0.4, 0.5) is 5.69 Å².